The zero-order valence-corrected chi connectivity index (χ0v) is 16.8. The summed E-state index contributed by atoms with van der Waals surface area (Å²) < 4.78 is 29.6. The predicted molar refractivity (Wildman–Crippen MR) is 109 cm³/mol. The predicted octanol–water partition coefficient (Wildman–Crippen LogP) is 4.58. The molecule has 0 fully saturated rings. The monoisotopic (exact) mass is 385 g/mol. The Morgan fingerprint density at radius 2 is 1.46 bits per heavy atom. The van der Waals surface area contributed by atoms with Gasteiger partial charge in [-0.25, -0.2) is 0 Å². The number of amides is 1. The van der Waals surface area contributed by atoms with Crippen molar-refractivity contribution in [1.82, 2.24) is 5.32 Å². The van der Waals surface area contributed by atoms with Gasteiger partial charge in [-0.05, 0) is 38.5 Å². The number of carbonyl (C=O) groups is 1. The lowest BCUT2D eigenvalue weighted by Crippen LogP contribution is -2.28. The highest BCUT2D eigenvalue weighted by Gasteiger charge is 2.06. The molecule has 2 N–H and O–H groups in total. The average molecular weight is 386 g/mol. The van der Waals surface area contributed by atoms with E-state index in [0.717, 1.165) is 51.4 Å². The molecule has 0 aliphatic heterocycles. The smallest absolute Gasteiger partial charge is 0.266 e. The summed E-state index contributed by atoms with van der Waals surface area (Å²) in [5.41, 5.74) is 0. The van der Waals surface area contributed by atoms with Crippen LogP contribution in [0.3, 0.4) is 0 Å². The molecule has 5 nitrogen and oxygen atoms in total. The molecule has 0 aliphatic rings. The summed E-state index contributed by atoms with van der Waals surface area (Å²) in [6.07, 6.45) is 23.0. The van der Waals surface area contributed by atoms with E-state index >= 15 is 0 Å². The van der Waals surface area contributed by atoms with E-state index in [2.05, 4.69) is 48.7 Å². The fraction of sp³-hybridized carbons (Fsp3) is 0.650. The van der Waals surface area contributed by atoms with Crippen LogP contribution in [-0.4, -0.2) is 31.2 Å². The first-order valence-electron chi connectivity index (χ1n) is 9.62. The molecule has 26 heavy (non-hydrogen) atoms. The first-order valence-corrected chi connectivity index (χ1v) is 11.2. The summed E-state index contributed by atoms with van der Waals surface area (Å²) in [6, 6.07) is 0. The molecule has 0 radical (unpaired) electrons. The second-order valence-corrected chi connectivity index (χ2v) is 7.81. The Morgan fingerprint density at radius 3 is 2.12 bits per heavy atom. The molecule has 0 aromatic rings. The van der Waals surface area contributed by atoms with Crippen molar-refractivity contribution in [2.24, 2.45) is 0 Å². The fourth-order valence-electron chi connectivity index (χ4n) is 2.31. The number of carbonyl (C=O) groups excluding carboxylic acids is 1. The van der Waals surface area contributed by atoms with Crippen LogP contribution >= 0.6 is 0 Å². The standard InChI is InChI=1S/C20H35NO4S/c1-2-3-4-5-6-7-8-9-10-11-12-13-14-15-16-17-20(22)21-18-19-26(23,24)25/h3-4,6-7,9-10H,2,5,8,11-19H2,1H3,(H,21,22)(H,23,24,25)/b4-3-,7-6-,10-9-. The van der Waals surface area contributed by atoms with Gasteiger partial charge in [0.25, 0.3) is 10.1 Å². The highest BCUT2D eigenvalue weighted by atomic mass is 32.2. The molecular formula is C20H35NO4S. The lowest BCUT2D eigenvalue weighted by molar-refractivity contribution is -0.121. The summed E-state index contributed by atoms with van der Waals surface area (Å²) in [6.45, 7) is 2.10. The van der Waals surface area contributed by atoms with Gasteiger partial charge < -0.3 is 5.32 Å². The Hall–Kier alpha value is -1.40. The summed E-state index contributed by atoms with van der Waals surface area (Å²) in [5.74, 6) is -0.590. The quantitative estimate of drug-likeness (QED) is 0.231. The third kappa shape index (κ3) is 20.6. The van der Waals surface area contributed by atoms with Crippen LogP contribution in [0.15, 0.2) is 36.5 Å². The number of allylic oxidation sites excluding steroid dienone is 6. The molecule has 0 aliphatic carbocycles. The average Bonchev–Trinajstić information content (AvgIpc) is 2.57. The lowest BCUT2D eigenvalue weighted by atomic mass is 10.1. The first-order chi connectivity index (χ1) is 12.5. The fourth-order valence-corrected chi connectivity index (χ4v) is 2.67. The molecule has 0 saturated carbocycles. The van der Waals surface area contributed by atoms with E-state index in [-0.39, 0.29) is 12.5 Å². The van der Waals surface area contributed by atoms with Gasteiger partial charge in [0.2, 0.25) is 5.91 Å². The summed E-state index contributed by atoms with van der Waals surface area (Å²) in [5, 5.41) is 2.49. The van der Waals surface area contributed by atoms with Crippen molar-refractivity contribution in [3.63, 3.8) is 0 Å². The molecule has 0 heterocycles. The van der Waals surface area contributed by atoms with E-state index in [1.165, 1.54) is 6.42 Å². The molecule has 6 heteroatoms. The lowest BCUT2D eigenvalue weighted by Gasteiger charge is -2.04. The van der Waals surface area contributed by atoms with E-state index in [1.807, 2.05) is 0 Å². The van der Waals surface area contributed by atoms with Crippen molar-refractivity contribution in [3.05, 3.63) is 36.5 Å². The maximum Gasteiger partial charge on any atom is 0.266 e. The zero-order valence-electron chi connectivity index (χ0n) is 16.0. The van der Waals surface area contributed by atoms with Gasteiger partial charge in [-0.15, -0.1) is 0 Å². The third-order valence-corrected chi connectivity index (χ3v) is 4.46. The van der Waals surface area contributed by atoms with Gasteiger partial charge in [0.15, 0.2) is 0 Å². The Kier molecular flexibility index (Phi) is 16.1. The van der Waals surface area contributed by atoms with Crippen LogP contribution in [0, 0.1) is 0 Å². The largest absolute Gasteiger partial charge is 0.355 e. The number of rotatable bonds is 16. The van der Waals surface area contributed by atoms with Crippen LogP contribution in [0.2, 0.25) is 0 Å². The minimum absolute atomic E-state index is 0.0331. The van der Waals surface area contributed by atoms with E-state index in [4.69, 9.17) is 4.55 Å². The number of nitrogens with one attached hydrogen (secondary N) is 1. The van der Waals surface area contributed by atoms with Crippen molar-refractivity contribution in [3.8, 4) is 0 Å². The summed E-state index contributed by atoms with van der Waals surface area (Å²) >= 11 is 0. The van der Waals surface area contributed by atoms with E-state index < -0.39 is 15.9 Å². The maximum absolute atomic E-state index is 11.5. The summed E-state index contributed by atoms with van der Waals surface area (Å²) in [7, 11) is -4.00. The van der Waals surface area contributed by atoms with Crippen molar-refractivity contribution in [2.75, 3.05) is 12.3 Å². The first kappa shape index (κ1) is 24.6. The second-order valence-electron chi connectivity index (χ2n) is 6.24. The van der Waals surface area contributed by atoms with Crippen molar-refractivity contribution in [1.29, 1.82) is 0 Å². The number of hydrogen-bond donors (Lipinski definition) is 2. The van der Waals surface area contributed by atoms with Gasteiger partial charge in [0, 0.05) is 13.0 Å². The molecule has 0 rings (SSSR count). The number of hydrogen-bond acceptors (Lipinski definition) is 3. The van der Waals surface area contributed by atoms with Gasteiger partial charge in [-0.3, -0.25) is 9.35 Å². The van der Waals surface area contributed by atoms with Crippen molar-refractivity contribution in [2.45, 2.75) is 71.1 Å². The van der Waals surface area contributed by atoms with E-state index in [9.17, 15) is 13.2 Å². The van der Waals surface area contributed by atoms with Gasteiger partial charge in [-0.2, -0.15) is 8.42 Å². The SMILES string of the molecule is CC/C=C\C/C=C\C/C=C\CCCCCCCC(=O)NCCS(=O)(=O)O. The van der Waals surface area contributed by atoms with Crippen molar-refractivity contribution >= 4 is 16.0 Å². The van der Waals surface area contributed by atoms with E-state index in [0.29, 0.717) is 6.42 Å². The molecule has 0 aromatic heterocycles. The molecule has 1 amide bonds. The van der Waals surface area contributed by atoms with Gasteiger partial charge in [-0.1, -0.05) is 62.6 Å². The zero-order chi connectivity index (χ0) is 19.5. The highest BCUT2D eigenvalue weighted by Crippen LogP contribution is 2.08. The normalized spacial score (nSPS) is 12.5. The minimum atomic E-state index is -4.00. The van der Waals surface area contributed by atoms with Crippen LogP contribution in [0.5, 0.6) is 0 Å². The van der Waals surface area contributed by atoms with Crippen LogP contribution in [0.1, 0.15) is 71.1 Å². The van der Waals surface area contributed by atoms with Crippen LogP contribution in [0.25, 0.3) is 0 Å². The van der Waals surface area contributed by atoms with Gasteiger partial charge >= 0.3 is 0 Å². The van der Waals surface area contributed by atoms with Crippen LogP contribution < -0.4 is 5.32 Å². The second kappa shape index (κ2) is 17.0. The van der Waals surface area contributed by atoms with Crippen molar-refractivity contribution < 1.29 is 17.8 Å². The molecule has 0 aromatic carbocycles. The highest BCUT2D eigenvalue weighted by molar-refractivity contribution is 7.85. The third-order valence-electron chi connectivity index (χ3n) is 3.74. The topological polar surface area (TPSA) is 83.5 Å². The molecule has 0 unspecified atom stereocenters. The molecule has 150 valence electrons. The van der Waals surface area contributed by atoms with Gasteiger partial charge in [0.1, 0.15) is 0 Å². The molecule has 0 spiro atoms. The Bertz CT molecular complexity index is 536. The molecule has 0 saturated heterocycles. The number of unbranched alkanes of at least 4 members (excludes halogenated alkanes) is 5. The Morgan fingerprint density at radius 1 is 0.885 bits per heavy atom. The minimum Gasteiger partial charge on any atom is -0.355 e. The molecule has 0 bridgehead atoms. The van der Waals surface area contributed by atoms with Crippen LogP contribution in [-0.2, 0) is 14.9 Å². The summed E-state index contributed by atoms with van der Waals surface area (Å²) in [4.78, 5) is 11.5. The Labute approximate surface area is 159 Å². The maximum atomic E-state index is 11.5. The van der Waals surface area contributed by atoms with E-state index in [1.54, 1.807) is 0 Å². The Balaban J connectivity index is 3.39. The molecule has 0 atom stereocenters. The van der Waals surface area contributed by atoms with Gasteiger partial charge in [0.05, 0.1) is 5.75 Å². The van der Waals surface area contributed by atoms with Crippen LogP contribution in [0.4, 0.5) is 0 Å². The molecular weight excluding hydrogens is 350 g/mol.